The Hall–Kier alpha value is -2.31. The number of amides is 1. The zero-order valence-corrected chi connectivity index (χ0v) is 16.5. The molecule has 1 aliphatic heterocycles. The first-order chi connectivity index (χ1) is 13.0. The summed E-state index contributed by atoms with van der Waals surface area (Å²) in [5.74, 6) is 0.895. The van der Waals surface area contributed by atoms with Gasteiger partial charge in [-0.1, -0.05) is 22.8 Å². The quantitative estimate of drug-likeness (QED) is 0.581. The lowest BCUT2D eigenvalue weighted by Gasteiger charge is -2.18. The van der Waals surface area contributed by atoms with Gasteiger partial charge in [-0.25, -0.2) is 0 Å². The molecular weight excluding hydrogens is 382 g/mol. The lowest BCUT2D eigenvalue weighted by Crippen LogP contribution is -2.24. The second kappa shape index (κ2) is 7.37. The van der Waals surface area contributed by atoms with Gasteiger partial charge in [-0.2, -0.15) is 4.98 Å². The molecule has 0 aliphatic carbocycles. The molecule has 7 heteroatoms. The van der Waals surface area contributed by atoms with E-state index < -0.39 is 0 Å². The minimum atomic E-state index is -0.137. The Balaban J connectivity index is 1.54. The van der Waals surface area contributed by atoms with Crippen molar-refractivity contribution in [1.82, 2.24) is 10.1 Å². The average Bonchev–Trinajstić information content (AvgIpc) is 3.29. The molecule has 138 valence electrons. The van der Waals surface area contributed by atoms with Gasteiger partial charge >= 0.3 is 0 Å². The Morgan fingerprint density at radius 3 is 2.70 bits per heavy atom. The van der Waals surface area contributed by atoms with Gasteiger partial charge in [0, 0.05) is 23.4 Å². The van der Waals surface area contributed by atoms with E-state index in [0.717, 1.165) is 16.8 Å². The van der Waals surface area contributed by atoms with Gasteiger partial charge in [0.15, 0.2) is 0 Å². The summed E-state index contributed by atoms with van der Waals surface area (Å²) < 4.78 is 5.46. The van der Waals surface area contributed by atoms with E-state index in [4.69, 9.17) is 16.1 Å². The van der Waals surface area contributed by atoms with Crippen molar-refractivity contribution in [3.05, 3.63) is 58.9 Å². The number of thioether (sulfide) groups is 1. The van der Waals surface area contributed by atoms with Gasteiger partial charge in [0.1, 0.15) is 0 Å². The minimum Gasteiger partial charge on any atom is -0.339 e. The molecule has 0 spiro atoms. The molecule has 1 saturated heterocycles. The van der Waals surface area contributed by atoms with Crippen molar-refractivity contribution in [1.29, 1.82) is 0 Å². The first-order valence-electron chi connectivity index (χ1n) is 8.59. The molecule has 1 atom stereocenters. The van der Waals surface area contributed by atoms with Crippen molar-refractivity contribution in [3.63, 3.8) is 0 Å². The summed E-state index contributed by atoms with van der Waals surface area (Å²) in [4.78, 5) is 19.9. The minimum absolute atomic E-state index is 0.00910. The monoisotopic (exact) mass is 399 g/mol. The number of aryl methyl sites for hydroxylation is 1. The number of carbonyl (C=O) groups is 1. The Kier molecular flexibility index (Phi) is 4.93. The van der Waals surface area contributed by atoms with Crippen molar-refractivity contribution in [2.75, 3.05) is 17.7 Å². The van der Waals surface area contributed by atoms with E-state index in [1.165, 1.54) is 4.90 Å². The fourth-order valence-corrected chi connectivity index (χ4v) is 3.94. The van der Waals surface area contributed by atoms with Gasteiger partial charge in [0.25, 0.3) is 0 Å². The maximum Gasteiger partial charge on any atom is 0.232 e. The summed E-state index contributed by atoms with van der Waals surface area (Å²) in [5.41, 5.74) is 2.67. The number of rotatable bonds is 4. The number of anilines is 1. The summed E-state index contributed by atoms with van der Waals surface area (Å²) in [6.07, 6.45) is 2.36. The van der Waals surface area contributed by atoms with E-state index in [-0.39, 0.29) is 11.8 Å². The summed E-state index contributed by atoms with van der Waals surface area (Å²) in [7, 11) is 0. The maximum atomic E-state index is 12.5. The molecule has 1 fully saturated rings. The third kappa shape index (κ3) is 3.59. The highest BCUT2D eigenvalue weighted by atomic mass is 35.5. The second-order valence-corrected chi connectivity index (χ2v) is 7.83. The van der Waals surface area contributed by atoms with Crippen LogP contribution in [0.2, 0.25) is 5.02 Å². The van der Waals surface area contributed by atoms with Gasteiger partial charge in [-0.05, 0) is 55.1 Å². The molecule has 1 unspecified atom stereocenters. The summed E-state index contributed by atoms with van der Waals surface area (Å²) in [6, 6.07) is 13.7. The molecule has 0 radical (unpaired) electrons. The van der Waals surface area contributed by atoms with E-state index in [0.29, 0.717) is 29.7 Å². The number of benzene rings is 2. The molecule has 1 aromatic heterocycles. The predicted molar refractivity (Wildman–Crippen MR) is 107 cm³/mol. The number of aromatic nitrogens is 2. The highest BCUT2D eigenvalue weighted by molar-refractivity contribution is 7.98. The third-order valence-electron chi connectivity index (χ3n) is 4.66. The molecule has 0 saturated carbocycles. The zero-order chi connectivity index (χ0) is 19.0. The van der Waals surface area contributed by atoms with Gasteiger partial charge in [0.2, 0.25) is 17.6 Å². The fourth-order valence-electron chi connectivity index (χ4n) is 3.20. The van der Waals surface area contributed by atoms with Crippen LogP contribution in [0.3, 0.4) is 0 Å². The van der Waals surface area contributed by atoms with Crippen LogP contribution in [-0.2, 0) is 4.79 Å². The Morgan fingerprint density at radius 1 is 1.22 bits per heavy atom. The highest BCUT2D eigenvalue weighted by Gasteiger charge is 2.36. The van der Waals surface area contributed by atoms with Crippen LogP contribution in [0.25, 0.3) is 11.4 Å². The van der Waals surface area contributed by atoms with Crippen LogP contribution in [0, 0.1) is 6.92 Å². The van der Waals surface area contributed by atoms with Crippen molar-refractivity contribution < 1.29 is 9.32 Å². The summed E-state index contributed by atoms with van der Waals surface area (Å²) >= 11 is 8.01. The number of carbonyl (C=O) groups excluding carboxylic acids is 1. The Labute approximate surface area is 166 Å². The smallest absolute Gasteiger partial charge is 0.232 e. The predicted octanol–water partition coefficient (Wildman–Crippen LogP) is 4.94. The Morgan fingerprint density at radius 2 is 2.00 bits per heavy atom. The number of halogens is 1. The van der Waals surface area contributed by atoms with Gasteiger partial charge < -0.3 is 9.42 Å². The lowest BCUT2D eigenvalue weighted by atomic mass is 10.1. The molecule has 4 rings (SSSR count). The molecule has 2 aromatic carbocycles. The standard InChI is InChI=1S/C20H18ClN3O2S/c1-12-3-8-17(16(21)9-12)24-11-14(10-18(24)25)20-22-19(23-26-20)13-4-6-15(27-2)7-5-13/h3-9,14H,10-11H2,1-2H3. The fraction of sp³-hybridized carbons (Fsp3) is 0.250. The molecule has 0 N–H and O–H groups in total. The largest absolute Gasteiger partial charge is 0.339 e. The van der Waals surface area contributed by atoms with Crippen LogP contribution in [0.1, 0.15) is 23.8 Å². The second-order valence-electron chi connectivity index (χ2n) is 6.54. The van der Waals surface area contributed by atoms with Crippen LogP contribution in [0.15, 0.2) is 51.9 Å². The van der Waals surface area contributed by atoms with Crippen LogP contribution in [-0.4, -0.2) is 28.8 Å². The molecule has 3 aromatic rings. The normalized spacial score (nSPS) is 16.9. The Bertz CT molecular complexity index is 987. The molecular formula is C20H18ClN3O2S. The topological polar surface area (TPSA) is 59.2 Å². The van der Waals surface area contributed by atoms with E-state index in [2.05, 4.69) is 10.1 Å². The van der Waals surface area contributed by atoms with Gasteiger partial charge in [-0.15, -0.1) is 11.8 Å². The van der Waals surface area contributed by atoms with Crippen molar-refractivity contribution >= 4 is 35.0 Å². The molecule has 27 heavy (non-hydrogen) atoms. The molecule has 1 aliphatic rings. The molecule has 0 bridgehead atoms. The summed E-state index contributed by atoms with van der Waals surface area (Å²) in [6.45, 7) is 2.45. The van der Waals surface area contributed by atoms with Crippen LogP contribution >= 0.6 is 23.4 Å². The third-order valence-corrected chi connectivity index (χ3v) is 5.70. The van der Waals surface area contributed by atoms with E-state index >= 15 is 0 Å². The number of hydrogen-bond acceptors (Lipinski definition) is 5. The van der Waals surface area contributed by atoms with Crippen LogP contribution in [0.4, 0.5) is 5.69 Å². The van der Waals surface area contributed by atoms with E-state index in [1.54, 1.807) is 16.7 Å². The molecule has 5 nitrogen and oxygen atoms in total. The van der Waals surface area contributed by atoms with Crippen molar-refractivity contribution in [2.45, 2.75) is 24.2 Å². The van der Waals surface area contributed by atoms with E-state index in [1.807, 2.05) is 55.6 Å². The zero-order valence-electron chi connectivity index (χ0n) is 15.0. The molecule has 1 amide bonds. The van der Waals surface area contributed by atoms with Gasteiger partial charge in [0.05, 0.1) is 16.6 Å². The maximum absolute atomic E-state index is 12.5. The lowest BCUT2D eigenvalue weighted by molar-refractivity contribution is -0.117. The van der Waals surface area contributed by atoms with Crippen LogP contribution < -0.4 is 4.90 Å². The highest BCUT2D eigenvalue weighted by Crippen LogP contribution is 2.35. The number of hydrogen-bond donors (Lipinski definition) is 0. The number of nitrogens with zero attached hydrogens (tertiary/aromatic N) is 3. The SMILES string of the molecule is CSc1ccc(-c2noc(C3CC(=O)N(c4ccc(C)cc4Cl)C3)n2)cc1. The van der Waals surface area contributed by atoms with Crippen molar-refractivity contribution in [3.8, 4) is 11.4 Å². The van der Waals surface area contributed by atoms with Crippen LogP contribution in [0.5, 0.6) is 0 Å². The van der Waals surface area contributed by atoms with Crippen molar-refractivity contribution in [2.24, 2.45) is 0 Å². The first-order valence-corrected chi connectivity index (χ1v) is 10.2. The van der Waals surface area contributed by atoms with Gasteiger partial charge in [-0.3, -0.25) is 4.79 Å². The average molecular weight is 400 g/mol. The first kappa shape index (κ1) is 18.1. The summed E-state index contributed by atoms with van der Waals surface area (Å²) in [5, 5.41) is 4.66. The molecule has 2 heterocycles. The van der Waals surface area contributed by atoms with E-state index in [9.17, 15) is 4.79 Å².